The lowest BCUT2D eigenvalue weighted by molar-refractivity contribution is -0.148. The van der Waals surface area contributed by atoms with Gasteiger partial charge in [-0.2, -0.15) is 0 Å². The molecule has 4 atom stereocenters. The molecular weight excluding hydrogens is 511 g/mol. The molecule has 3 aliphatic carbocycles. The van der Waals surface area contributed by atoms with Crippen molar-refractivity contribution in [2.24, 2.45) is 17.6 Å². The smallest absolute Gasteiger partial charge is 0.255 e. The average Bonchev–Trinajstić information content (AvgIpc) is 2.81. The van der Waals surface area contributed by atoms with Crippen LogP contribution in [0.25, 0.3) is 0 Å². The molecule has 1 fully saturated rings. The summed E-state index contributed by atoms with van der Waals surface area (Å²) in [6.45, 7) is 0.632. The van der Waals surface area contributed by atoms with E-state index in [1.165, 1.54) is 4.90 Å². The van der Waals surface area contributed by atoms with Crippen LogP contribution in [0.3, 0.4) is 0 Å². The molecule has 0 bridgehead atoms. The van der Waals surface area contributed by atoms with Gasteiger partial charge in [0.15, 0.2) is 11.4 Å². The van der Waals surface area contributed by atoms with Crippen LogP contribution >= 0.6 is 0 Å². The minimum absolute atomic E-state index is 0.0206. The normalized spacial score (nSPS) is 29.3. The third-order valence-corrected chi connectivity index (χ3v) is 8.57. The van der Waals surface area contributed by atoms with Crippen molar-refractivity contribution in [1.29, 1.82) is 0 Å². The largest absolute Gasteiger partial charge is 0.510 e. The fourth-order valence-corrected chi connectivity index (χ4v) is 6.75. The van der Waals surface area contributed by atoms with Crippen LogP contribution in [0.15, 0.2) is 28.7 Å². The number of carbonyl (C=O) groups excluding carboxylic acids is 3. The molecule has 11 nitrogen and oxygen atoms in total. The molecule has 1 aliphatic heterocycles. The standard InChI is InChI=1S/C27H33FN4O7/c1-30(2)16-7-12(8-32-9-13(28)10-32)21(33)18-14(16)5-11-6-15-20(31(3)4)23(35)19(26(29)38)25(37)27(15,39)24(36)17(11)22(18)34/h7,11,13,15,20,33,35-36,39H,5-6,8-10H2,1-4H3,(H2,29,38)/t11-,15-,20-,27-/m0/s1. The Kier molecular flexibility index (Phi) is 6.28. The second kappa shape index (κ2) is 9.04. The summed E-state index contributed by atoms with van der Waals surface area (Å²) in [5.74, 6) is -6.83. The number of Topliss-reactive ketones (excluding diaryl/α,β-unsaturated/α-hetero) is 2. The number of aromatic hydroxyl groups is 1. The third kappa shape index (κ3) is 3.76. The molecule has 6 N–H and O–H groups in total. The number of rotatable bonds is 5. The Morgan fingerprint density at radius 3 is 2.36 bits per heavy atom. The molecule has 0 unspecified atom stereocenters. The predicted octanol–water partition coefficient (Wildman–Crippen LogP) is 0.340. The number of anilines is 1. The van der Waals surface area contributed by atoms with Gasteiger partial charge in [0.2, 0.25) is 5.78 Å². The number of hydrogen-bond acceptors (Lipinski definition) is 10. The van der Waals surface area contributed by atoms with E-state index < -0.39 is 64.2 Å². The predicted molar refractivity (Wildman–Crippen MR) is 138 cm³/mol. The zero-order valence-corrected chi connectivity index (χ0v) is 22.2. The van der Waals surface area contributed by atoms with Gasteiger partial charge >= 0.3 is 0 Å². The van der Waals surface area contributed by atoms with E-state index in [1.807, 2.05) is 0 Å². The van der Waals surface area contributed by atoms with E-state index in [-0.39, 0.29) is 49.4 Å². The minimum atomic E-state index is -2.68. The molecule has 1 aromatic carbocycles. The van der Waals surface area contributed by atoms with Crippen LogP contribution < -0.4 is 10.6 Å². The molecule has 0 spiro atoms. The van der Waals surface area contributed by atoms with Gasteiger partial charge in [0, 0.05) is 56.5 Å². The molecule has 210 valence electrons. The van der Waals surface area contributed by atoms with E-state index in [9.17, 15) is 39.2 Å². The van der Waals surface area contributed by atoms with Crippen molar-refractivity contribution >= 4 is 23.2 Å². The van der Waals surface area contributed by atoms with Gasteiger partial charge in [-0.05, 0) is 44.5 Å². The van der Waals surface area contributed by atoms with Crippen molar-refractivity contribution in [2.75, 3.05) is 46.2 Å². The number of amides is 1. The monoisotopic (exact) mass is 544 g/mol. The quantitative estimate of drug-likeness (QED) is 0.326. The number of likely N-dealkylation sites (tertiary alicyclic amines) is 1. The number of aliphatic hydroxyl groups is 3. The molecule has 0 aromatic heterocycles. The summed E-state index contributed by atoms with van der Waals surface area (Å²) in [5.41, 5.74) is 3.22. The highest BCUT2D eigenvalue weighted by molar-refractivity contribution is 6.24. The number of alkyl halides is 1. The highest BCUT2D eigenvalue weighted by atomic mass is 19.1. The number of ketones is 2. The number of aliphatic hydroxyl groups excluding tert-OH is 2. The number of halogens is 1. The maximum Gasteiger partial charge on any atom is 0.255 e. The van der Waals surface area contributed by atoms with Crippen molar-refractivity contribution in [2.45, 2.75) is 37.2 Å². The first-order chi connectivity index (χ1) is 18.2. The van der Waals surface area contributed by atoms with Crippen LogP contribution in [0.2, 0.25) is 0 Å². The second-order valence-corrected chi connectivity index (χ2v) is 11.4. The summed E-state index contributed by atoms with van der Waals surface area (Å²) in [6, 6.07) is 0.719. The highest BCUT2D eigenvalue weighted by Crippen LogP contribution is 2.53. The van der Waals surface area contributed by atoms with Crippen molar-refractivity contribution < 1.29 is 39.2 Å². The van der Waals surface area contributed by atoms with E-state index in [4.69, 9.17) is 5.73 Å². The molecular formula is C27H33FN4O7. The Bertz CT molecular complexity index is 1360. The minimum Gasteiger partial charge on any atom is -0.510 e. The zero-order chi connectivity index (χ0) is 28.7. The van der Waals surface area contributed by atoms with Crippen LogP contribution in [0.1, 0.15) is 27.9 Å². The van der Waals surface area contributed by atoms with Gasteiger partial charge in [0.25, 0.3) is 5.91 Å². The summed E-state index contributed by atoms with van der Waals surface area (Å²) in [5, 5.41) is 45.3. The molecule has 5 rings (SSSR count). The molecule has 1 heterocycles. The number of fused-ring (bicyclic) bond motifs is 3. The lowest BCUT2D eigenvalue weighted by atomic mass is 9.58. The van der Waals surface area contributed by atoms with E-state index >= 15 is 0 Å². The lowest BCUT2D eigenvalue weighted by Gasteiger charge is -2.50. The van der Waals surface area contributed by atoms with Crippen molar-refractivity contribution in [3.8, 4) is 5.75 Å². The highest BCUT2D eigenvalue weighted by Gasteiger charge is 2.63. The number of allylic oxidation sites excluding steroid dienone is 1. The number of primary amides is 1. The maximum absolute atomic E-state index is 14.0. The lowest BCUT2D eigenvalue weighted by Crippen LogP contribution is -2.63. The van der Waals surface area contributed by atoms with Crippen LogP contribution in [0.5, 0.6) is 5.75 Å². The Morgan fingerprint density at radius 2 is 1.82 bits per heavy atom. The van der Waals surface area contributed by atoms with E-state index in [0.29, 0.717) is 16.8 Å². The average molecular weight is 545 g/mol. The topological polar surface area (TPSA) is 168 Å². The van der Waals surface area contributed by atoms with Crippen LogP contribution in [0.4, 0.5) is 10.1 Å². The fraction of sp³-hybridized carbons (Fsp3) is 0.519. The van der Waals surface area contributed by atoms with Gasteiger partial charge in [-0.1, -0.05) is 0 Å². The summed E-state index contributed by atoms with van der Waals surface area (Å²) < 4.78 is 13.4. The van der Waals surface area contributed by atoms with Gasteiger partial charge in [0.1, 0.15) is 29.0 Å². The van der Waals surface area contributed by atoms with Gasteiger partial charge in [-0.15, -0.1) is 0 Å². The number of hydrogen-bond donors (Lipinski definition) is 5. The molecule has 0 radical (unpaired) electrons. The fourth-order valence-electron chi connectivity index (χ4n) is 6.75. The van der Waals surface area contributed by atoms with E-state index in [0.717, 1.165) is 0 Å². The number of benzene rings is 1. The summed E-state index contributed by atoms with van der Waals surface area (Å²) >= 11 is 0. The number of nitrogens with zero attached hydrogens (tertiary/aromatic N) is 3. The number of nitrogens with two attached hydrogens (primary N) is 1. The molecule has 4 aliphatic rings. The summed E-state index contributed by atoms with van der Waals surface area (Å²) in [6.07, 6.45) is -0.727. The zero-order valence-electron chi connectivity index (χ0n) is 22.2. The molecule has 1 saturated heterocycles. The van der Waals surface area contributed by atoms with Crippen molar-refractivity contribution in [3.05, 3.63) is 45.4 Å². The summed E-state index contributed by atoms with van der Waals surface area (Å²) in [4.78, 5) is 44.6. The molecule has 1 amide bonds. The Labute approximate surface area is 224 Å². The van der Waals surface area contributed by atoms with Crippen molar-refractivity contribution in [3.63, 3.8) is 0 Å². The number of likely N-dealkylation sites (N-methyl/N-ethyl adjacent to an activating group) is 1. The van der Waals surface area contributed by atoms with Gasteiger partial charge in [-0.25, -0.2) is 4.39 Å². The molecule has 0 saturated carbocycles. The van der Waals surface area contributed by atoms with Gasteiger partial charge in [0.05, 0.1) is 11.6 Å². The van der Waals surface area contributed by atoms with Gasteiger partial charge < -0.3 is 31.1 Å². The van der Waals surface area contributed by atoms with Crippen LogP contribution in [-0.2, 0) is 22.6 Å². The van der Waals surface area contributed by atoms with Crippen LogP contribution in [0, 0.1) is 11.8 Å². The number of carbonyl (C=O) groups is 3. The summed E-state index contributed by atoms with van der Waals surface area (Å²) in [7, 11) is 6.75. The first-order valence-electron chi connectivity index (χ1n) is 12.8. The number of phenols is 1. The molecule has 12 heteroatoms. The Morgan fingerprint density at radius 1 is 1.18 bits per heavy atom. The van der Waals surface area contributed by atoms with E-state index in [2.05, 4.69) is 0 Å². The van der Waals surface area contributed by atoms with E-state index in [1.54, 1.807) is 44.1 Å². The molecule has 39 heavy (non-hydrogen) atoms. The second-order valence-electron chi connectivity index (χ2n) is 11.4. The number of phenolic OH excluding ortho intramolecular Hbond substituents is 1. The van der Waals surface area contributed by atoms with Gasteiger partial charge in [-0.3, -0.25) is 24.2 Å². The Balaban J connectivity index is 1.68. The molecule has 1 aromatic rings. The first-order valence-corrected chi connectivity index (χ1v) is 12.8. The Hall–Kier alpha value is -3.48. The maximum atomic E-state index is 14.0. The SMILES string of the molecule is CN(C)c1cc(CN2CC(F)C2)c(O)c2c1C[C@H]1C[C@H]3[C@H](N(C)C)C(O)=C(C(N)=O)C(=O)[C@@]3(O)C(O)=C1C2=O. The first kappa shape index (κ1) is 27.1. The van der Waals surface area contributed by atoms with Crippen LogP contribution in [-0.4, -0.2) is 107 Å². The third-order valence-electron chi connectivity index (χ3n) is 8.57. The van der Waals surface area contributed by atoms with Crippen molar-refractivity contribution in [1.82, 2.24) is 9.80 Å².